The lowest BCUT2D eigenvalue weighted by molar-refractivity contribution is -0.129. The highest BCUT2D eigenvalue weighted by Crippen LogP contribution is 2.17. The van der Waals surface area contributed by atoms with Crippen LogP contribution in [-0.4, -0.2) is 37.1 Å². The minimum atomic E-state index is -0.0495. The standard InChI is InChI=1S/C10H16N2O2/c1-2-14-8-9-4-6-12(7-9)10(13)3-5-11/h9H,2-4,6-8H2,1H3/t9-/m1/s1. The average molecular weight is 196 g/mol. The molecule has 14 heavy (non-hydrogen) atoms. The lowest BCUT2D eigenvalue weighted by Crippen LogP contribution is -2.28. The van der Waals surface area contributed by atoms with Gasteiger partial charge in [-0.05, 0) is 13.3 Å². The predicted molar refractivity (Wildman–Crippen MR) is 51.4 cm³/mol. The second-order valence-electron chi connectivity index (χ2n) is 3.49. The van der Waals surface area contributed by atoms with E-state index >= 15 is 0 Å². The summed E-state index contributed by atoms with van der Waals surface area (Å²) < 4.78 is 5.30. The number of nitrogens with zero attached hydrogens (tertiary/aromatic N) is 2. The number of hydrogen-bond donors (Lipinski definition) is 0. The molecule has 0 aliphatic carbocycles. The third-order valence-corrected chi connectivity index (χ3v) is 2.43. The van der Waals surface area contributed by atoms with E-state index in [9.17, 15) is 4.79 Å². The minimum Gasteiger partial charge on any atom is -0.381 e. The first kappa shape index (κ1) is 11.0. The molecule has 78 valence electrons. The zero-order valence-corrected chi connectivity index (χ0v) is 8.53. The molecule has 0 radical (unpaired) electrons. The Kier molecular flexibility index (Phi) is 4.41. The Morgan fingerprint density at radius 2 is 2.50 bits per heavy atom. The van der Waals surface area contributed by atoms with Gasteiger partial charge in [-0.1, -0.05) is 0 Å². The number of nitriles is 1. The Hall–Kier alpha value is -1.08. The zero-order chi connectivity index (χ0) is 10.4. The summed E-state index contributed by atoms with van der Waals surface area (Å²) in [6.07, 6.45) is 0.999. The van der Waals surface area contributed by atoms with Crippen LogP contribution in [0.15, 0.2) is 0 Å². The van der Waals surface area contributed by atoms with Crippen molar-refractivity contribution in [3.63, 3.8) is 0 Å². The molecule has 0 aromatic heterocycles. The van der Waals surface area contributed by atoms with Crippen LogP contribution < -0.4 is 0 Å². The zero-order valence-electron chi connectivity index (χ0n) is 8.53. The van der Waals surface area contributed by atoms with Gasteiger partial charge < -0.3 is 9.64 Å². The number of carbonyl (C=O) groups excluding carboxylic acids is 1. The Balaban J connectivity index is 2.27. The smallest absolute Gasteiger partial charge is 0.236 e. The molecular formula is C10H16N2O2. The summed E-state index contributed by atoms with van der Waals surface area (Å²) in [4.78, 5) is 13.1. The minimum absolute atomic E-state index is 0.00134. The van der Waals surface area contributed by atoms with E-state index in [1.54, 1.807) is 4.90 Å². The van der Waals surface area contributed by atoms with Crippen LogP contribution in [0.4, 0.5) is 0 Å². The summed E-state index contributed by atoms with van der Waals surface area (Å²) in [5, 5.41) is 8.38. The van der Waals surface area contributed by atoms with Crippen molar-refractivity contribution in [2.24, 2.45) is 5.92 Å². The van der Waals surface area contributed by atoms with Gasteiger partial charge in [0.05, 0.1) is 12.7 Å². The second-order valence-corrected chi connectivity index (χ2v) is 3.49. The lowest BCUT2D eigenvalue weighted by Gasteiger charge is -2.14. The largest absolute Gasteiger partial charge is 0.381 e. The average Bonchev–Trinajstić information content (AvgIpc) is 2.63. The van der Waals surface area contributed by atoms with Crippen molar-refractivity contribution in [1.82, 2.24) is 4.90 Å². The van der Waals surface area contributed by atoms with Gasteiger partial charge in [0.2, 0.25) is 5.91 Å². The number of hydrogen-bond acceptors (Lipinski definition) is 3. The van der Waals surface area contributed by atoms with Crippen molar-refractivity contribution in [2.75, 3.05) is 26.3 Å². The SMILES string of the molecule is CCOC[C@@H]1CCN(C(=O)CC#N)C1. The molecule has 0 aromatic rings. The van der Waals surface area contributed by atoms with Gasteiger partial charge in [0.15, 0.2) is 0 Å². The molecule has 0 N–H and O–H groups in total. The number of likely N-dealkylation sites (tertiary alicyclic amines) is 1. The molecule has 1 fully saturated rings. The fraction of sp³-hybridized carbons (Fsp3) is 0.800. The molecule has 1 saturated heterocycles. The van der Waals surface area contributed by atoms with Crippen LogP contribution in [0.1, 0.15) is 19.8 Å². The fourth-order valence-electron chi connectivity index (χ4n) is 1.66. The van der Waals surface area contributed by atoms with Gasteiger partial charge in [0.25, 0.3) is 0 Å². The van der Waals surface area contributed by atoms with E-state index in [1.165, 1.54) is 0 Å². The normalized spacial score (nSPS) is 20.9. The maximum absolute atomic E-state index is 11.3. The van der Waals surface area contributed by atoms with Gasteiger partial charge in [-0.15, -0.1) is 0 Å². The summed E-state index contributed by atoms with van der Waals surface area (Å²) in [7, 11) is 0. The summed E-state index contributed by atoms with van der Waals surface area (Å²) in [5.41, 5.74) is 0. The molecule has 0 unspecified atom stereocenters. The molecule has 4 heteroatoms. The molecule has 1 aliphatic rings. The van der Waals surface area contributed by atoms with E-state index in [4.69, 9.17) is 10.00 Å². The van der Waals surface area contributed by atoms with Gasteiger partial charge in [0.1, 0.15) is 6.42 Å². The molecule has 1 amide bonds. The Labute approximate surface area is 84.4 Å². The molecule has 1 atom stereocenters. The Morgan fingerprint density at radius 3 is 3.14 bits per heavy atom. The highest BCUT2D eigenvalue weighted by molar-refractivity contribution is 5.78. The molecule has 0 spiro atoms. The molecular weight excluding hydrogens is 180 g/mol. The van der Waals surface area contributed by atoms with Crippen LogP contribution >= 0.6 is 0 Å². The topological polar surface area (TPSA) is 53.3 Å². The van der Waals surface area contributed by atoms with Crippen LogP contribution in [0.3, 0.4) is 0 Å². The molecule has 0 bridgehead atoms. The van der Waals surface area contributed by atoms with Gasteiger partial charge in [0, 0.05) is 25.6 Å². The van der Waals surface area contributed by atoms with E-state index in [0.29, 0.717) is 5.92 Å². The first-order valence-electron chi connectivity index (χ1n) is 5.00. The van der Waals surface area contributed by atoms with E-state index in [0.717, 1.165) is 32.7 Å². The molecule has 0 saturated carbocycles. The second kappa shape index (κ2) is 5.61. The Morgan fingerprint density at radius 1 is 1.71 bits per heavy atom. The van der Waals surface area contributed by atoms with E-state index in [2.05, 4.69) is 0 Å². The third kappa shape index (κ3) is 3.00. The van der Waals surface area contributed by atoms with Crippen molar-refractivity contribution in [1.29, 1.82) is 5.26 Å². The van der Waals surface area contributed by atoms with Crippen molar-refractivity contribution in [3.05, 3.63) is 0 Å². The first-order chi connectivity index (χ1) is 6.77. The molecule has 1 heterocycles. The molecule has 0 aromatic carbocycles. The van der Waals surface area contributed by atoms with Crippen LogP contribution in [0.5, 0.6) is 0 Å². The molecule has 1 aliphatic heterocycles. The Bertz CT molecular complexity index is 235. The van der Waals surface area contributed by atoms with E-state index in [-0.39, 0.29) is 12.3 Å². The maximum Gasteiger partial charge on any atom is 0.236 e. The first-order valence-corrected chi connectivity index (χ1v) is 5.00. The predicted octanol–water partition coefficient (Wildman–Crippen LogP) is 0.785. The van der Waals surface area contributed by atoms with Gasteiger partial charge >= 0.3 is 0 Å². The number of carbonyl (C=O) groups is 1. The van der Waals surface area contributed by atoms with E-state index in [1.807, 2.05) is 13.0 Å². The highest BCUT2D eigenvalue weighted by Gasteiger charge is 2.25. The summed E-state index contributed by atoms with van der Waals surface area (Å²) in [6, 6.07) is 1.88. The van der Waals surface area contributed by atoms with Gasteiger partial charge in [-0.2, -0.15) is 5.26 Å². The lowest BCUT2D eigenvalue weighted by atomic mass is 10.1. The fourth-order valence-corrected chi connectivity index (χ4v) is 1.66. The summed E-state index contributed by atoms with van der Waals surface area (Å²) in [5.74, 6) is 0.407. The number of ether oxygens (including phenoxy) is 1. The quantitative estimate of drug-likeness (QED) is 0.667. The van der Waals surface area contributed by atoms with Crippen LogP contribution in [0.2, 0.25) is 0 Å². The van der Waals surface area contributed by atoms with Crippen molar-refractivity contribution in [2.45, 2.75) is 19.8 Å². The third-order valence-electron chi connectivity index (χ3n) is 2.43. The van der Waals surface area contributed by atoms with Crippen LogP contribution in [-0.2, 0) is 9.53 Å². The highest BCUT2D eigenvalue weighted by atomic mass is 16.5. The molecule has 4 nitrogen and oxygen atoms in total. The number of amides is 1. The summed E-state index contributed by atoms with van der Waals surface area (Å²) in [6.45, 7) is 4.95. The monoisotopic (exact) mass is 196 g/mol. The van der Waals surface area contributed by atoms with Crippen molar-refractivity contribution >= 4 is 5.91 Å². The van der Waals surface area contributed by atoms with Crippen LogP contribution in [0, 0.1) is 17.2 Å². The van der Waals surface area contributed by atoms with Crippen LogP contribution in [0.25, 0.3) is 0 Å². The summed E-state index contributed by atoms with van der Waals surface area (Å²) >= 11 is 0. The van der Waals surface area contributed by atoms with Gasteiger partial charge in [-0.3, -0.25) is 4.79 Å². The van der Waals surface area contributed by atoms with Crippen molar-refractivity contribution in [3.8, 4) is 6.07 Å². The maximum atomic E-state index is 11.3. The van der Waals surface area contributed by atoms with Gasteiger partial charge in [-0.25, -0.2) is 0 Å². The molecule has 1 rings (SSSR count). The van der Waals surface area contributed by atoms with E-state index < -0.39 is 0 Å². The van der Waals surface area contributed by atoms with Crippen molar-refractivity contribution < 1.29 is 9.53 Å². The number of rotatable bonds is 4.